The van der Waals surface area contributed by atoms with E-state index in [1.54, 1.807) is 0 Å². The van der Waals surface area contributed by atoms with E-state index in [-0.39, 0.29) is 0 Å². The molecule has 3 heteroatoms. The fourth-order valence-electron chi connectivity index (χ4n) is 9.01. The topological polar surface area (TPSA) is 25.6 Å². The molecule has 236 valence electrons. The summed E-state index contributed by atoms with van der Waals surface area (Å²) >= 11 is 0. The third-order valence-corrected chi connectivity index (χ3v) is 11.2. The van der Waals surface area contributed by atoms with Gasteiger partial charge in [0.15, 0.2) is 0 Å². The van der Waals surface area contributed by atoms with Gasteiger partial charge >= 0.3 is 0 Å². The highest BCUT2D eigenvalue weighted by molar-refractivity contribution is 6.38. The molecule has 0 spiro atoms. The van der Waals surface area contributed by atoms with Crippen molar-refractivity contribution in [2.45, 2.75) is 0 Å². The van der Waals surface area contributed by atoms with Crippen LogP contribution in [0.2, 0.25) is 0 Å². The Balaban J connectivity index is 1.29. The van der Waals surface area contributed by atoms with Crippen LogP contribution in [0.5, 0.6) is 0 Å². The van der Waals surface area contributed by atoms with E-state index in [0.717, 1.165) is 16.9 Å². The average Bonchev–Trinajstić information content (AvgIpc) is 3.85. The van der Waals surface area contributed by atoms with E-state index in [0.29, 0.717) is 0 Å². The number of rotatable bonds is 2. The van der Waals surface area contributed by atoms with E-state index in [9.17, 15) is 0 Å². The Bertz CT molecular complexity index is 3410. The van der Waals surface area contributed by atoms with Gasteiger partial charge in [0.1, 0.15) is 0 Å². The van der Waals surface area contributed by atoms with Crippen molar-refractivity contribution < 1.29 is 0 Å². The lowest BCUT2D eigenvalue weighted by molar-refractivity contribution is 1.19. The lowest BCUT2D eigenvalue weighted by Crippen LogP contribution is -1.95. The van der Waals surface area contributed by atoms with E-state index in [1.165, 1.54) is 92.2 Å². The van der Waals surface area contributed by atoms with Gasteiger partial charge < -0.3 is 14.1 Å². The minimum absolute atomic E-state index is 1.14. The van der Waals surface area contributed by atoms with Gasteiger partial charge in [0.2, 0.25) is 0 Å². The molecular weight excluding hydrogens is 619 g/mol. The number of hydrogen-bond acceptors (Lipinski definition) is 0. The van der Waals surface area contributed by atoms with Crippen molar-refractivity contribution in [1.82, 2.24) is 14.1 Å². The fraction of sp³-hybridized carbons (Fsp3) is 0. The highest BCUT2D eigenvalue weighted by Gasteiger charge is 2.23. The standard InChI is InChI=1S/C48H29N3/c1-2-15-32(16-3-1)51-47-34-17-7-6-12-29(34)22-24-38(47)45-44-40-28-33(23-25-41(40)49-46(44)36-19-8-9-20-37(36)48(45)51)50-42-21-11-10-18-35(42)39-26-30-13-4-5-14-31(30)27-43(39)50/h1-28,49H. The van der Waals surface area contributed by atoms with E-state index in [1.807, 2.05) is 0 Å². The summed E-state index contributed by atoms with van der Waals surface area (Å²) in [5.74, 6) is 0. The molecule has 1 N–H and O–H groups in total. The first-order valence-corrected chi connectivity index (χ1v) is 17.6. The number of aromatic nitrogens is 3. The summed E-state index contributed by atoms with van der Waals surface area (Å²) in [4.78, 5) is 3.92. The van der Waals surface area contributed by atoms with Crippen LogP contribution in [0.3, 0.4) is 0 Å². The maximum Gasteiger partial charge on any atom is 0.0627 e. The smallest absolute Gasteiger partial charge is 0.0627 e. The molecule has 12 rings (SSSR count). The molecule has 3 nitrogen and oxygen atoms in total. The van der Waals surface area contributed by atoms with Gasteiger partial charge in [-0.25, -0.2) is 0 Å². The molecule has 0 aliphatic heterocycles. The summed E-state index contributed by atoms with van der Waals surface area (Å²) < 4.78 is 4.96. The molecule has 0 amide bonds. The quantitative estimate of drug-likeness (QED) is 0.193. The summed E-state index contributed by atoms with van der Waals surface area (Å²) in [6, 6.07) is 62.4. The fourth-order valence-corrected chi connectivity index (χ4v) is 9.01. The Labute approximate surface area is 292 Å². The highest BCUT2D eigenvalue weighted by atomic mass is 15.0. The van der Waals surface area contributed by atoms with Crippen LogP contribution >= 0.6 is 0 Å². The van der Waals surface area contributed by atoms with Crippen molar-refractivity contribution in [3.05, 3.63) is 170 Å². The van der Waals surface area contributed by atoms with Crippen LogP contribution in [-0.2, 0) is 0 Å². The van der Waals surface area contributed by atoms with E-state index in [4.69, 9.17) is 0 Å². The third kappa shape index (κ3) is 3.57. The molecule has 0 bridgehead atoms. The predicted octanol–water partition coefficient (Wildman–Crippen LogP) is 13.0. The Morgan fingerprint density at radius 3 is 1.86 bits per heavy atom. The zero-order valence-electron chi connectivity index (χ0n) is 27.6. The van der Waals surface area contributed by atoms with Crippen LogP contribution in [0.4, 0.5) is 0 Å². The van der Waals surface area contributed by atoms with Gasteiger partial charge in [-0.15, -0.1) is 0 Å². The Kier molecular flexibility index (Phi) is 5.23. The van der Waals surface area contributed by atoms with Crippen molar-refractivity contribution in [2.75, 3.05) is 0 Å². The number of H-pyrrole nitrogens is 1. The first-order chi connectivity index (χ1) is 25.3. The normalized spacial score (nSPS) is 12.3. The minimum Gasteiger partial charge on any atom is -0.354 e. The summed E-state index contributed by atoms with van der Waals surface area (Å²) in [5, 5.41) is 15.0. The molecule has 0 saturated heterocycles. The first-order valence-electron chi connectivity index (χ1n) is 17.6. The maximum atomic E-state index is 3.92. The van der Waals surface area contributed by atoms with Gasteiger partial charge in [-0.05, 0) is 64.7 Å². The van der Waals surface area contributed by atoms with Crippen molar-refractivity contribution in [2.24, 2.45) is 0 Å². The highest BCUT2D eigenvalue weighted by Crippen LogP contribution is 2.47. The Hall–Kier alpha value is -6.84. The number of nitrogens with one attached hydrogen (secondary N) is 1. The Morgan fingerprint density at radius 2 is 1.02 bits per heavy atom. The molecule has 9 aromatic carbocycles. The second-order valence-electron chi connectivity index (χ2n) is 13.8. The van der Waals surface area contributed by atoms with Gasteiger partial charge in [-0.3, -0.25) is 0 Å². The van der Waals surface area contributed by atoms with Gasteiger partial charge in [0.25, 0.3) is 0 Å². The molecular formula is C48H29N3. The molecule has 0 aliphatic rings. The van der Waals surface area contributed by atoms with Crippen molar-refractivity contribution in [1.29, 1.82) is 0 Å². The monoisotopic (exact) mass is 647 g/mol. The SMILES string of the molecule is c1ccc(-n2c3c4ccccc4ccc3c3c4c5cc(-n6c7ccccc7c7cc8ccccc8cc76)ccc5[nH]c4c4ccccc4c32)cc1. The average molecular weight is 648 g/mol. The Morgan fingerprint density at radius 1 is 0.333 bits per heavy atom. The van der Waals surface area contributed by atoms with E-state index in [2.05, 4.69) is 184 Å². The summed E-state index contributed by atoms with van der Waals surface area (Å²) in [6.07, 6.45) is 0. The maximum absolute atomic E-state index is 3.92. The molecule has 3 aromatic heterocycles. The van der Waals surface area contributed by atoms with Gasteiger partial charge in [-0.2, -0.15) is 0 Å². The van der Waals surface area contributed by atoms with Crippen molar-refractivity contribution >= 4 is 97.7 Å². The number of hydrogen-bond donors (Lipinski definition) is 1. The number of fused-ring (bicyclic) bond motifs is 16. The van der Waals surface area contributed by atoms with E-state index < -0.39 is 0 Å². The lowest BCUT2D eigenvalue weighted by atomic mass is 9.98. The van der Waals surface area contributed by atoms with Gasteiger partial charge in [0.05, 0.1) is 27.6 Å². The summed E-state index contributed by atoms with van der Waals surface area (Å²) in [6.45, 7) is 0. The van der Waals surface area contributed by atoms with Crippen LogP contribution < -0.4 is 0 Å². The van der Waals surface area contributed by atoms with Crippen LogP contribution in [0, 0.1) is 0 Å². The molecule has 0 fully saturated rings. The third-order valence-electron chi connectivity index (χ3n) is 11.2. The zero-order valence-corrected chi connectivity index (χ0v) is 27.6. The molecule has 0 radical (unpaired) electrons. The van der Waals surface area contributed by atoms with Crippen molar-refractivity contribution in [3.63, 3.8) is 0 Å². The van der Waals surface area contributed by atoms with Crippen LogP contribution in [0.1, 0.15) is 0 Å². The predicted molar refractivity (Wildman–Crippen MR) is 217 cm³/mol. The molecule has 0 aliphatic carbocycles. The van der Waals surface area contributed by atoms with Gasteiger partial charge in [0, 0.05) is 65.4 Å². The molecule has 0 saturated carbocycles. The van der Waals surface area contributed by atoms with E-state index >= 15 is 0 Å². The number of nitrogens with zero attached hydrogens (tertiary/aromatic N) is 2. The molecule has 3 heterocycles. The second-order valence-corrected chi connectivity index (χ2v) is 13.8. The van der Waals surface area contributed by atoms with Crippen molar-refractivity contribution in [3.8, 4) is 11.4 Å². The number of para-hydroxylation sites is 2. The largest absolute Gasteiger partial charge is 0.354 e. The number of aromatic amines is 1. The number of benzene rings is 9. The lowest BCUT2D eigenvalue weighted by Gasteiger charge is -2.12. The summed E-state index contributed by atoms with van der Waals surface area (Å²) in [5.41, 5.74) is 9.55. The minimum atomic E-state index is 1.14. The van der Waals surface area contributed by atoms with Crippen LogP contribution in [0.25, 0.3) is 109 Å². The zero-order chi connectivity index (χ0) is 33.2. The second kappa shape index (κ2) is 9.87. The summed E-state index contributed by atoms with van der Waals surface area (Å²) in [7, 11) is 0. The molecule has 0 atom stereocenters. The molecule has 51 heavy (non-hydrogen) atoms. The molecule has 0 unspecified atom stereocenters. The van der Waals surface area contributed by atoms with Crippen LogP contribution in [-0.4, -0.2) is 14.1 Å². The van der Waals surface area contributed by atoms with Crippen LogP contribution in [0.15, 0.2) is 170 Å². The van der Waals surface area contributed by atoms with Gasteiger partial charge in [-0.1, -0.05) is 121 Å². The molecule has 12 aromatic rings. The first kappa shape index (κ1) is 27.0.